The van der Waals surface area contributed by atoms with Gasteiger partial charge in [-0.25, -0.2) is 18.1 Å². The number of benzene rings is 1. The van der Waals surface area contributed by atoms with E-state index in [9.17, 15) is 8.42 Å². The fraction of sp³-hybridized carbons (Fsp3) is 0.375. The van der Waals surface area contributed by atoms with Gasteiger partial charge in [-0.1, -0.05) is 12.1 Å². The van der Waals surface area contributed by atoms with Gasteiger partial charge in [-0.2, -0.15) is 5.26 Å². The molecule has 0 amide bonds. The molecule has 1 aliphatic rings. The molecule has 0 saturated heterocycles. The van der Waals surface area contributed by atoms with E-state index in [0.717, 1.165) is 16.3 Å². The van der Waals surface area contributed by atoms with Gasteiger partial charge in [0, 0.05) is 11.3 Å². The molecule has 0 spiro atoms. The zero-order valence-electron chi connectivity index (χ0n) is 12.7. The number of nitriles is 1. The first kappa shape index (κ1) is 16.1. The summed E-state index contributed by atoms with van der Waals surface area (Å²) in [6.07, 6.45) is 2.64. The van der Waals surface area contributed by atoms with Gasteiger partial charge in [0.15, 0.2) is 0 Å². The van der Waals surface area contributed by atoms with Gasteiger partial charge in [0.2, 0.25) is 10.0 Å². The predicted octanol–water partition coefficient (Wildman–Crippen LogP) is 3.13. The summed E-state index contributed by atoms with van der Waals surface area (Å²) in [5.74, 6) is 0.574. The Morgan fingerprint density at radius 1 is 1.39 bits per heavy atom. The maximum absolute atomic E-state index is 12.4. The third kappa shape index (κ3) is 3.78. The summed E-state index contributed by atoms with van der Waals surface area (Å²) in [6.45, 7) is 1.80. The lowest BCUT2D eigenvalue weighted by atomic mass is 10.2. The molecule has 1 fully saturated rings. The molecule has 5 nitrogen and oxygen atoms in total. The van der Waals surface area contributed by atoms with E-state index in [-0.39, 0.29) is 17.4 Å². The molecule has 1 N–H and O–H groups in total. The number of sulfonamides is 1. The van der Waals surface area contributed by atoms with Crippen LogP contribution in [0.1, 0.15) is 48.0 Å². The maximum Gasteiger partial charge on any atom is 0.241 e. The first-order valence-electron chi connectivity index (χ1n) is 7.43. The van der Waals surface area contributed by atoms with Gasteiger partial charge in [-0.3, -0.25) is 0 Å². The zero-order chi connectivity index (χ0) is 16.4. The molecule has 120 valence electrons. The molecule has 7 heteroatoms. The van der Waals surface area contributed by atoms with Gasteiger partial charge < -0.3 is 0 Å². The van der Waals surface area contributed by atoms with Crippen molar-refractivity contribution in [2.45, 2.75) is 43.0 Å². The Balaban J connectivity index is 1.72. The molecular formula is C16H17N3O2S2. The van der Waals surface area contributed by atoms with Crippen LogP contribution in [0.25, 0.3) is 0 Å². The Morgan fingerprint density at radius 2 is 2.09 bits per heavy atom. The van der Waals surface area contributed by atoms with Crippen LogP contribution >= 0.6 is 11.3 Å². The summed E-state index contributed by atoms with van der Waals surface area (Å²) in [5.41, 5.74) is 1.56. The molecule has 1 saturated carbocycles. The van der Waals surface area contributed by atoms with E-state index < -0.39 is 10.0 Å². The third-order valence-electron chi connectivity index (χ3n) is 3.76. The van der Waals surface area contributed by atoms with Crippen molar-refractivity contribution in [3.05, 3.63) is 45.9 Å². The smallest absolute Gasteiger partial charge is 0.241 e. The molecule has 3 rings (SSSR count). The number of rotatable bonds is 6. The summed E-state index contributed by atoms with van der Waals surface area (Å²) in [7, 11) is -3.60. The molecule has 23 heavy (non-hydrogen) atoms. The van der Waals surface area contributed by atoms with Crippen LogP contribution in [0.5, 0.6) is 0 Å². The minimum Gasteiger partial charge on any atom is -0.244 e. The predicted molar refractivity (Wildman–Crippen MR) is 88.6 cm³/mol. The highest BCUT2D eigenvalue weighted by atomic mass is 32.2. The summed E-state index contributed by atoms with van der Waals surface area (Å²) in [4.78, 5) is 4.74. The molecule has 0 radical (unpaired) electrons. The van der Waals surface area contributed by atoms with Crippen molar-refractivity contribution in [1.29, 1.82) is 5.26 Å². The van der Waals surface area contributed by atoms with Crippen molar-refractivity contribution in [3.8, 4) is 6.07 Å². The highest BCUT2D eigenvalue weighted by Gasteiger charge is 2.28. The van der Waals surface area contributed by atoms with Crippen LogP contribution in [0.3, 0.4) is 0 Å². The van der Waals surface area contributed by atoms with Crippen molar-refractivity contribution in [2.75, 3.05) is 0 Å². The van der Waals surface area contributed by atoms with E-state index in [2.05, 4.69) is 9.71 Å². The van der Waals surface area contributed by atoms with Gasteiger partial charge in [-0.15, -0.1) is 11.3 Å². The normalized spacial score (nSPS) is 16.0. The molecule has 0 aliphatic heterocycles. The van der Waals surface area contributed by atoms with Gasteiger partial charge in [0.1, 0.15) is 0 Å². The molecule has 1 aliphatic carbocycles. The Kier molecular flexibility index (Phi) is 4.48. The van der Waals surface area contributed by atoms with E-state index in [1.54, 1.807) is 30.4 Å². The Labute approximate surface area is 140 Å². The van der Waals surface area contributed by atoms with Gasteiger partial charge >= 0.3 is 0 Å². The zero-order valence-corrected chi connectivity index (χ0v) is 14.3. The number of nitrogens with zero attached hydrogens (tertiary/aromatic N) is 2. The number of nitrogens with one attached hydrogen (secondary N) is 1. The van der Waals surface area contributed by atoms with Crippen LogP contribution in [0.15, 0.2) is 34.5 Å². The largest absolute Gasteiger partial charge is 0.244 e. The fourth-order valence-electron chi connectivity index (χ4n) is 2.26. The summed E-state index contributed by atoms with van der Waals surface area (Å²) in [6, 6.07) is 8.05. The van der Waals surface area contributed by atoms with Crippen molar-refractivity contribution in [2.24, 2.45) is 0 Å². The molecule has 0 unspecified atom stereocenters. The molecular weight excluding hydrogens is 330 g/mol. The number of hydrogen-bond donors (Lipinski definition) is 1. The van der Waals surface area contributed by atoms with Crippen molar-refractivity contribution >= 4 is 21.4 Å². The number of thiazole rings is 1. The molecule has 0 bridgehead atoms. The molecule has 2 aromatic rings. The average Bonchev–Trinajstić information content (AvgIpc) is 3.25. The molecule has 1 atom stereocenters. The van der Waals surface area contributed by atoms with Gasteiger partial charge in [0.25, 0.3) is 0 Å². The van der Waals surface area contributed by atoms with E-state index >= 15 is 0 Å². The van der Waals surface area contributed by atoms with Crippen LogP contribution in [0.2, 0.25) is 0 Å². The van der Waals surface area contributed by atoms with E-state index in [1.807, 2.05) is 11.4 Å². The van der Waals surface area contributed by atoms with Crippen LogP contribution in [-0.2, 0) is 16.4 Å². The lowest BCUT2D eigenvalue weighted by Gasteiger charge is -2.12. The lowest BCUT2D eigenvalue weighted by molar-refractivity contribution is 0.564. The van der Waals surface area contributed by atoms with Gasteiger partial charge in [0.05, 0.1) is 34.1 Å². The first-order chi connectivity index (χ1) is 11.0. The molecule has 1 heterocycles. The quantitative estimate of drug-likeness (QED) is 0.870. The Morgan fingerprint density at radius 3 is 2.70 bits per heavy atom. The van der Waals surface area contributed by atoms with Crippen LogP contribution in [-0.4, -0.2) is 13.4 Å². The standard InChI is InChI=1S/C16H17N3O2S2/c1-11(15-10-22-16(18-15)13-4-5-13)19-23(20,21)14-6-2-12(3-7-14)8-9-17/h2-3,6-7,10-11,13,19H,4-5,8H2,1H3/t11-/m0/s1. The third-order valence-corrected chi connectivity index (χ3v) is 6.34. The number of aromatic nitrogens is 1. The lowest BCUT2D eigenvalue weighted by Crippen LogP contribution is -2.27. The Bertz CT molecular complexity index is 831. The average molecular weight is 347 g/mol. The summed E-state index contributed by atoms with van der Waals surface area (Å²) < 4.78 is 27.5. The minimum atomic E-state index is -3.60. The summed E-state index contributed by atoms with van der Waals surface area (Å²) in [5, 5.41) is 11.7. The first-order valence-corrected chi connectivity index (χ1v) is 9.79. The van der Waals surface area contributed by atoms with Crippen molar-refractivity contribution in [1.82, 2.24) is 9.71 Å². The van der Waals surface area contributed by atoms with E-state index in [4.69, 9.17) is 5.26 Å². The second-order valence-electron chi connectivity index (χ2n) is 5.71. The van der Waals surface area contributed by atoms with Crippen LogP contribution in [0.4, 0.5) is 0 Å². The minimum absolute atomic E-state index is 0.198. The fourth-order valence-corrected chi connectivity index (χ4v) is 4.56. The highest BCUT2D eigenvalue weighted by molar-refractivity contribution is 7.89. The van der Waals surface area contributed by atoms with Crippen molar-refractivity contribution in [3.63, 3.8) is 0 Å². The Hall–Kier alpha value is -1.75. The second-order valence-corrected chi connectivity index (χ2v) is 8.31. The summed E-state index contributed by atoms with van der Waals surface area (Å²) >= 11 is 1.60. The number of hydrogen-bond acceptors (Lipinski definition) is 5. The highest BCUT2D eigenvalue weighted by Crippen LogP contribution is 2.41. The topological polar surface area (TPSA) is 82.9 Å². The SMILES string of the molecule is C[C@H](NS(=O)(=O)c1ccc(CC#N)cc1)c1csc(C2CC2)n1. The molecule has 1 aromatic heterocycles. The second kappa shape index (κ2) is 6.40. The maximum atomic E-state index is 12.4. The van der Waals surface area contributed by atoms with Crippen molar-refractivity contribution < 1.29 is 8.42 Å². The van der Waals surface area contributed by atoms with Gasteiger partial charge in [-0.05, 0) is 37.5 Å². The monoisotopic (exact) mass is 347 g/mol. The van der Waals surface area contributed by atoms with Crippen LogP contribution < -0.4 is 4.72 Å². The van der Waals surface area contributed by atoms with Crippen LogP contribution in [0, 0.1) is 11.3 Å². The van der Waals surface area contributed by atoms with E-state index in [1.165, 1.54) is 25.0 Å². The molecule has 1 aromatic carbocycles. The van der Waals surface area contributed by atoms with E-state index in [0.29, 0.717) is 5.92 Å².